The maximum atomic E-state index is 11.3. The van der Waals surface area contributed by atoms with Crippen LogP contribution in [0.15, 0.2) is 30.5 Å². The van der Waals surface area contributed by atoms with E-state index in [-0.39, 0.29) is 0 Å². The largest absolute Gasteiger partial charge is 0.480 e. The minimum absolute atomic E-state index is 0.353. The van der Waals surface area contributed by atoms with Gasteiger partial charge in [-0.2, -0.15) is 0 Å². The molecule has 2 N–H and O–H groups in total. The number of aromatic nitrogens is 1. The molecule has 0 bridgehead atoms. The molecular weight excluding hydrogens is 296 g/mol. The molecule has 0 aliphatic carbocycles. The van der Waals surface area contributed by atoms with E-state index in [9.17, 15) is 9.90 Å². The summed E-state index contributed by atoms with van der Waals surface area (Å²) < 4.78 is 4.08. The van der Waals surface area contributed by atoms with Gasteiger partial charge in [0.25, 0.3) is 0 Å². The van der Waals surface area contributed by atoms with Gasteiger partial charge in [0.1, 0.15) is 6.04 Å². The lowest BCUT2D eigenvalue weighted by Crippen LogP contribution is -2.38. The van der Waals surface area contributed by atoms with E-state index in [4.69, 9.17) is 11.6 Å². The van der Waals surface area contributed by atoms with Gasteiger partial charge in [0.2, 0.25) is 0 Å². The number of halogens is 1. The fraction of sp³-hybridized carbons (Fsp3) is 0.286. The molecule has 1 atom stereocenters. The highest BCUT2D eigenvalue weighted by molar-refractivity contribution is 7.05. The quantitative estimate of drug-likeness (QED) is 0.861. The molecule has 2 rings (SSSR count). The van der Waals surface area contributed by atoms with Crippen LogP contribution in [-0.4, -0.2) is 21.5 Å². The summed E-state index contributed by atoms with van der Waals surface area (Å²) in [6, 6.07) is 6.62. The Kier molecular flexibility index (Phi) is 5.11. The third-order valence-corrected chi connectivity index (χ3v) is 4.18. The molecular formula is C14H15ClN2O2S. The van der Waals surface area contributed by atoms with E-state index in [1.165, 1.54) is 11.5 Å². The second-order valence-electron chi connectivity index (χ2n) is 4.47. The van der Waals surface area contributed by atoms with E-state index < -0.39 is 12.0 Å². The molecule has 1 aromatic heterocycles. The predicted molar refractivity (Wildman–Crippen MR) is 80.3 cm³/mol. The van der Waals surface area contributed by atoms with Crippen molar-refractivity contribution in [3.8, 4) is 0 Å². The van der Waals surface area contributed by atoms with Crippen molar-refractivity contribution in [1.82, 2.24) is 9.69 Å². The van der Waals surface area contributed by atoms with E-state index >= 15 is 0 Å². The maximum Gasteiger partial charge on any atom is 0.321 e. The number of hydrogen-bond acceptors (Lipinski definition) is 4. The molecule has 2 aromatic rings. The Bertz CT molecular complexity index is 600. The van der Waals surface area contributed by atoms with E-state index in [1.54, 1.807) is 12.3 Å². The second-order valence-corrected chi connectivity index (χ2v) is 5.89. The number of rotatable bonds is 6. The predicted octanol–water partition coefficient (Wildman–Crippen LogP) is 2.89. The van der Waals surface area contributed by atoms with Crippen LogP contribution >= 0.6 is 23.1 Å². The van der Waals surface area contributed by atoms with Gasteiger partial charge >= 0.3 is 5.97 Å². The lowest BCUT2D eigenvalue weighted by Gasteiger charge is -2.15. The summed E-state index contributed by atoms with van der Waals surface area (Å²) in [5.41, 5.74) is 1.86. The number of aryl methyl sites for hydroxylation is 1. The first-order valence-electron chi connectivity index (χ1n) is 6.17. The van der Waals surface area contributed by atoms with Crippen molar-refractivity contribution >= 4 is 29.1 Å². The molecule has 0 aliphatic heterocycles. The molecule has 106 valence electrons. The summed E-state index contributed by atoms with van der Waals surface area (Å²) in [5, 5.41) is 12.9. The SMILES string of the molecule is Cc1sncc1CNC(Cc1ccccc1Cl)C(=O)O. The van der Waals surface area contributed by atoms with Crippen LogP contribution in [0.1, 0.15) is 16.0 Å². The number of hydrogen-bond donors (Lipinski definition) is 2. The van der Waals surface area contributed by atoms with Crippen LogP contribution in [0.2, 0.25) is 5.02 Å². The molecule has 0 saturated carbocycles. The van der Waals surface area contributed by atoms with Gasteiger partial charge < -0.3 is 5.11 Å². The van der Waals surface area contributed by atoms with E-state index in [2.05, 4.69) is 9.69 Å². The summed E-state index contributed by atoms with van der Waals surface area (Å²) >= 11 is 7.48. The van der Waals surface area contributed by atoms with Crippen molar-refractivity contribution in [3.63, 3.8) is 0 Å². The van der Waals surface area contributed by atoms with E-state index in [0.29, 0.717) is 18.0 Å². The molecule has 0 fully saturated rings. The molecule has 1 aromatic carbocycles. The highest BCUT2D eigenvalue weighted by atomic mass is 35.5. The van der Waals surface area contributed by atoms with Crippen LogP contribution < -0.4 is 5.32 Å². The number of carboxylic acids is 1. The fourth-order valence-corrected chi connectivity index (χ4v) is 2.65. The van der Waals surface area contributed by atoms with Crippen LogP contribution in [0.3, 0.4) is 0 Å². The van der Waals surface area contributed by atoms with E-state index in [1.807, 2.05) is 25.1 Å². The number of aliphatic carboxylic acids is 1. The van der Waals surface area contributed by atoms with Gasteiger partial charge in [-0.3, -0.25) is 10.1 Å². The van der Waals surface area contributed by atoms with Crippen LogP contribution in [0.4, 0.5) is 0 Å². The van der Waals surface area contributed by atoms with Crippen LogP contribution in [0.5, 0.6) is 0 Å². The van der Waals surface area contributed by atoms with Gasteiger partial charge in [0.05, 0.1) is 0 Å². The first-order chi connectivity index (χ1) is 9.58. The van der Waals surface area contributed by atoms with Gasteiger partial charge in [-0.1, -0.05) is 29.8 Å². The normalized spacial score (nSPS) is 12.3. The highest BCUT2D eigenvalue weighted by Gasteiger charge is 2.19. The Balaban J connectivity index is 2.03. The van der Waals surface area contributed by atoms with Crippen molar-refractivity contribution in [1.29, 1.82) is 0 Å². The van der Waals surface area contributed by atoms with Crippen LogP contribution in [-0.2, 0) is 17.8 Å². The molecule has 0 spiro atoms. The number of carbonyl (C=O) groups is 1. The second kappa shape index (κ2) is 6.83. The number of nitrogens with one attached hydrogen (secondary N) is 1. The summed E-state index contributed by atoms with van der Waals surface area (Å²) in [4.78, 5) is 12.4. The third-order valence-electron chi connectivity index (χ3n) is 3.07. The Morgan fingerprint density at radius 1 is 1.45 bits per heavy atom. The third kappa shape index (κ3) is 3.79. The summed E-state index contributed by atoms with van der Waals surface area (Å²) in [6.07, 6.45) is 2.12. The monoisotopic (exact) mass is 310 g/mol. The molecule has 1 heterocycles. The van der Waals surface area contributed by atoms with Crippen molar-refractivity contribution < 1.29 is 9.90 Å². The van der Waals surface area contributed by atoms with Gasteiger partial charge in [0.15, 0.2) is 0 Å². The molecule has 6 heteroatoms. The Morgan fingerprint density at radius 3 is 2.80 bits per heavy atom. The number of nitrogens with zero attached hydrogens (tertiary/aromatic N) is 1. The Morgan fingerprint density at radius 2 is 2.20 bits per heavy atom. The molecule has 0 aliphatic rings. The average Bonchev–Trinajstić information content (AvgIpc) is 2.82. The lowest BCUT2D eigenvalue weighted by atomic mass is 10.1. The van der Waals surface area contributed by atoms with Gasteiger partial charge in [0, 0.05) is 22.6 Å². The average molecular weight is 311 g/mol. The molecule has 1 unspecified atom stereocenters. The standard InChI is InChI=1S/C14H15ClN2O2S/c1-9-11(8-17-20-9)7-16-13(14(18)19)6-10-4-2-3-5-12(10)15/h2-5,8,13,16H,6-7H2,1H3,(H,18,19). The minimum Gasteiger partial charge on any atom is -0.480 e. The van der Waals surface area contributed by atoms with Crippen LogP contribution in [0.25, 0.3) is 0 Å². The van der Waals surface area contributed by atoms with Gasteiger partial charge in [-0.25, -0.2) is 4.37 Å². The zero-order valence-electron chi connectivity index (χ0n) is 11.0. The minimum atomic E-state index is -0.884. The van der Waals surface area contributed by atoms with Gasteiger partial charge in [-0.05, 0) is 42.1 Å². The number of benzene rings is 1. The zero-order chi connectivity index (χ0) is 14.5. The van der Waals surface area contributed by atoms with Crippen molar-refractivity contribution in [3.05, 3.63) is 51.5 Å². The summed E-state index contributed by atoms with van der Waals surface area (Å²) in [6.45, 7) is 2.46. The van der Waals surface area contributed by atoms with Crippen LogP contribution in [0, 0.1) is 6.92 Å². The number of carboxylic acid groups (broad SMARTS) is 1. The molecule has 0 saturated heterocycles. The molecule has 20 heavy (non-hydrogen) atoms. The maximum absolute atomic E-state index is 11.3. The Labute approximate surface area is 126 Å². The van der Waals surface area contributed by atoms with E-state index in [0.717, 1.165) is 16.0 Å². The van der Waals surface area contributed by atoms with Crippen molar-refractivity contribution in [2.45, 2.75) is 25.9 Å². The summed E-state index contributed by atoms with van der Waals surface area (Å²) in [5.74, 6) is -0.884. The Hall–Kier alpha value is -1.43. The molecule has 0 radical (unpaired) electrons. The highest BCUT2D eigenvalue weighted by Crippen LogP contribution is 2.17. The van der Waals surface area contributed by atoms with Crippen molar-refractivity contribution in [2.75, 3.05) is 0 Å². The smallest absolute Gasteiger partial charge is 0.321 e. The zero-order valence-corrected chi connectivity index (χ0v) is 12.5. The molecule has 4 nitrogen and oxygen atoms in total. The summed E-state index contributed by atoms with van der Waals surface area (Å²) in [7, 11) is 0. The molecule has 0 amide bonds. The van der Waals surface area contributed by atoms with Crippen molar-refractivity contribution in [2.24, 2.45) is 0 Å². The first kappa shape index (κ1) is 15.0. The topological polar surface area (TPSA) is 62.2 Å². The lowest BCUT2D eigenvalue weighted by molar-refractivity contribution is -0.139. The fourth-order valence-electron chi connectivity index (χ4n) is 1.85. The first-order valence-corrected chi connectivity index (χ1v) is 7.33. The van der Waals surface area contributed by atoms with Gasteiger partial charge in [-0.15, -0.1) is 0 Å².